The predicted octanol–water partition coefficient (Wildman–Crippen LogP) is 2.09. The molecule has 1 amide bonds. The summed E-state index contributed by atoms with van der Waals surface area (Å²) in [5.41, 5.74) is 3.55. The van der Waals surface area contributed by atoms with Crippen LogP contribution in [0, 0.1) is 0 Å². The molecule has 8 nitrogen and oxygen atoms in total. The topological polar surface area (TPSA) is 103 Å². The van der Waals surface area contributed by atoms with Crippen LogP contribution in [0.4, 0.5) is 0 Å². The first-order chi connectivity index (χ1) is 12.5. The fourth-order valence-corrected chi connectivity index (χ4v) is 3.17. The summed E-state index contributed by atoms with van der Waals surface area (Å²) in [5.74, 6) is -0.00432. The number of carbonyl (C=O) groups excluding carboxylic acids is 2. The molecule has 0 bridgehead atoms. The molecule has 1 N–H and O–H groups in total. The summed E-state index contributed by atoms with van der Waals surface area (Å²) in [6, 6.07) is 5.79. The van der Waals surface area contributed by atoms with Crippen LogP contribution in [-0.2, 0) is 13.5 Å². The summed E-state index contributed by atoms with van der Waals surface area (Å²) in [6.45, 7) is 1.38. The Morgan fingerprint density at radius 3 is 2.88 bits per heavy atom. The first-order valence-electron chi connectivity index (χ1n) is 8.28. The largest absolute Gasteiger partial charge is 0.345 e. The molecule has 132 valence electrons. The lowest BCUT2D eigenvalue weighted by Gasteiger charge is -2.13. The van der Waals surface area contributed by atoms with E-state index in [9.17, 15) is 9.59 Å². The Hall–Kier alpha value is -3.29. The number of rotatable bonds is 4. The van der Waals surface area contributed by atoms with Gasteiger partial charge in [0.15, 0.2) is 0 Å². The Bertz CT molecular complexity index is 1000. The van der Waals surface area contributed by atoms with Gasteiger partial charge in [0.25, 0.3) is 11.8 Å². The molecule has 2 heterocycles. The third-order valence-corrected chi connectivity index (χ3v) is 4.48. The lowest BCUT2D eigenvalue weighted by Crippen LogP contribution is -2.26. The monoisotopic (exact) mass is 351 g/mol. The number of benzene rings is 1. The zero-order valence-corrected chi connectivity index (χ0v) is 14.4. The Kier molecular flexibility index (Phi) is 3.87. The molecule has 1 aliphatic carbocycles. The minimum Gasteiger partial charge on any atom is -0.345 e. The van der Waals surface area contributed by atoms with Crippen molar-refractivity contribution in [3.63, 3.8) is 0 Å². The van der Waals surface area contributed by atoms with Crippen molar-refractivity contribution in [1.29, 1.82) is 0 Å². The molecule has 0 fully saturated rings. The molecule has 1 atom stereocenters. The molecule has 4 rings (SSSR count). The molecular weight excluding hydrogens is 334 g/mol. The van der Waals surface area contributed by atoms with Crippen LogP contribution < -0.4 is 5.32 Å². The molecule has 0 saturated heterocycles. The minimum absolute atomic E-state index is 0.00195. The van der Waals surface area contributed by atoms with Gasteiger partial charge in [0.05, 0.1) is 17.8 Å². The van der Waals surface area contributed by atoms with E-state index < -0.39 is 0 Å². The maximum Gasteiger partial charge on any atom is 0.294 e. The molecule has 0 unspecified atom stereocenters. The second-order valence-corrected chi connectivity index (χ2v) is 6.36. The highest BCUT2D eigenvalue weighted by molar-refractivity contribution is 5.94. The SMILES string of the molecule is CC(=O)c1nc(-c2ccc3c(c2)CC[C@H]3NC(=O)c2cnn(C)c2)no1. The van der Waals surface area contributed by atoms with E-state index in [0.717, 1.165) is 29.5 Å². The van der Waals surface area contributed by atoms with Crippen molar-refractivity contribution < 1.29 is 14.1 Å². The smallest absolute Gasteiger partial charge is 0.294 e. The number of nitrogens with one attached hydrogen (secondary N) is 1. The van der Waals surface area contributed by atoms with Crippen molar-refractivity contribution in [1.82, 2.24) is 25.2 Å². The molecular formula is C18H17N5O3. The second-order valence-electron chi connectivity index (χ2n) is 6.36. The molecule has 8 heteroatoms. The molecule has 0 spiro atoms. The Labute approximate surface area is 149 Å². The number of aryl methyl sites for hydroxylation is 2. The van der Waals surface area contributed by atoms with Gasteiger partial charge in [-0.25, -0.2) is 0 Å². The van der Waals surface area contributed by atoms with Gasteiger partial charge >= 0.3 is 0 Å². The molecule has 0 saturated carbocycles. The summed E-state index contributed by atoms with van der Waals surface area (Å²) in [4.78, 5) is 27.8. The van der Waals surface area contributed by atoms with Crippen LogP contribution in [0.15, 0.2) is 35.1 Å². The van der Waals surface area contributed by atoms with Crippen LogP contribution >= 0.6 is 0 Å². The number of amides is 1. The molecule has 0 radical (unpaired) electrons. The third kappa shape index (κ3) is 2.90. The van der Waals surface area contributed by atoms with E-state index in [4.69, 9.17) is 4.52 Å². The maximum atomic E-state index is 12.4. The van der Waals surface area contributed by atoms with Gasteiger partial charge in [-0.1, -0.05) is 17.3 Å². The zero-order chi connectivity index (χ0) is 18.3. The van der Waals surface area contributed by atoms with Crippen molar-refractivity contribution in [3.05, 3.63) is 53.2 Å². The van der Waals surface area contributed by atoms with E-state index in [1.165, 1.54) is 6.92 Å². The van der Waals surface area contributed by atoms with Crippen molar-refractivity contribution >= 4 is 11.7 Å². The van der Waals surface area contributed by atoms with E-state index in [0.29, 0.717) is 11.4 Å². The van der Waals surface area contributed by atoms with Gasteiger partial charge in [0.2, 0.25) is 11.6 Å². The van der Waals surface area contributed by atoms with Crippen LogP contribution in [0.2, 0.25) is 0 Å². The van der Waals surface area contributed by atoms with Gasteiger partial charge in [0, 0.05) is 25.7 Å². The highest BCUT2D eigenvalue weighted by Crippen LogP contribution is 2.33. The summed E-state index contributed by atoms with van der Waals surface area (Å²) in [7, 11) is 1.78. The van der Waals surface area contributed by atoms with Gasteiger partial charge in [-0.15, -0.1) is 0 Å². The van der Waals surface area contributed by atoms with Gasteiger partial charge in [-0.3, -0.25) is 14.3 Å². The van der Waals surface area contributed by atoms with Crippen LogP contribution in [0.25, 0.3) is 11.4 Å². The van der Waals surface area contributed by atoms with Gasteiger partial charge in [-0.2, -0.15) is 10.1 Å². The number of aromatic nitrogens is 4. The molecule has 26 heavy (non-hydrogen) atoms. The van der Waals surface area contributed by atoms with E-state index in [1.54, 1.807) is 24.1 Å². The number of hydrogen-bond donors (Lipinski definition) is 1. The van der Waals surface area contributed by atoms with Crippen LogP contribution in [0.3, 0.4) is 0 Å². The van der Waals surface area contributed by atoms with Crippen LogP contribution in [0.5, 0.6) is 0 Å². The average molecular weight is 351 g/mol. The number of Topliss-reactive ketones (excluding diaryl/α,β-unsaturated/α-hetero) is 1. The lowest BCUT2D eigenvalue weighted by molar-refractivity contribution is 0.0935. The number of carbonyl (C=O) groups is 2. The first-order valence-corrected chi connectivity index (χ1v) is 8.28. The summed E-state index contributed by atoms with van der Waals surface area (Å²) in [6.07, 6.45) is 4.92. The standard InChI is InChI=1S/C18H17N5O3/c1-10(24)18-21-16(22-26-18)12-3-5-14-11(7-12)4-6-15(14)20-17(25)13-8-19-23(2)9-13/h3,5,7-9,15H,4,6H2,1-2H3,(H,20,25)/t15-/m1/s1. The number of fused-ring (bicyclic) bond motifs is 1. The molecule has 2 aromatic heterocycles. The van der Waals surface area contributed by atoms with E-state index in [2.05, 4.69) is 20.6 Å². The van der Waals surface area contributed by atoms with Crippen LogP contribution in [-0.4, -0.2) is 31.6 Å². The highest BCUT2D eigenvalue weighted by atomic mass is 16.5. The first kappa shape index (κ1) is 16.2. The maximum absolute atomic E-state index is 12.4. The number of hydrogen-bond acceptors (Lipinski definition) is 6. The molecule has 1 aromatic carbocycles. The van der Waals surface area contributed by atoms with E-state index in [-0.39, 0.29) is 23.6 Å². The van der Waals surface area contributed by atoms with Crippen molar-refractivity contribution in [2.45, 2.75) is 25.8 Å². The third-order valence-electron chi connectivity index (χ3n) is 4.48. The summed E-state index contributed by atoms with van der Waals surface area (Å²) in [5, 5.41) is 10.9. The van der Waals surface area contributed by atoms with Crippen molar-refractivity contribution in [2.75, 3.05) is 0 Å². The lowest BCUT2D eigenvalue weighted by atomic mass is 10.0. The number of ketones is 1. The van der Waals surface area contributed by atoms with Crippen LogP contribution in [0.1, 0.15) is 51.6 Å². The number of nitrogens with zero attached hydrogens (tertiary/aromatic N) is 4. The summed E-state index contributed by atoms with van der Waals surface area (Å²) >= 11 is 0. The molecule has 0 aliphatic heterocycles. The van der Waals surface area contributed by atoms with Crippen molar-refractivity contribution in [3.8, 4) is 11.4 Å². The van der Waals surface area contributed by atoms with Gasteiger partial charge in [0.1, 0.15) is 0 Å². The van der Waals surface area contributed by atoms with E-state index in [1.807, 2.05) is 18.2 Å². The molecule has 1 aliphatic rings. The average Bonchev–Trinajstić information content (AvgIpc) is 3.34. The summed E-state index contributed by atoms with van der Waals surface area (Å²) < 4.78 is 6.55. The molecule has 3 aromatic rings. The Morgan fingerprint density at radius 2 is 2.19 bits per heavy atom. The fourth-order valence-electron chi connectivity index (χ4n) is 3.17. The minimum atomic E-state index is -0.261. The Balaban J connectivity index is 1.54. The van der Waals surface area contributed by atoms with E-state index >= 15 is 0 Å². The predicted molar refractivity (Wildman–Crippen MR) is 91.5 cm³/mol. The van der Waals surface area contributed by atoms with Crippen molar-refractivity contribution in [2.24, 2.45) is 7.05 Å². The fraction of sp³-hybridized carbons (Fsp3) is 0.278. The quantitative estimate of drug-likeness (QED) is 0.722. The zero-order valence-electron chi connectivity index (χ0n) is 14.4. The highest BCUT2D eigenvalue weighted by Gasteiger charge is 2.25. The Morgan fingerprint density at radius 1 is 1.35 bits per heavy atom. The van der Waals surface area contributed by atoms with Gasteiger partial charge < -0.3 is 9.84 Å². The van der Waals surface area contributed by atoms with Gasteiger partial charge in [-0.05, 0) is 30.0 Å². The second kappa shape index (κ2) is 6.21. The normalized spacial score (nSPS) is 15.7.